The number of nitriles is 1. The van der Waals surface area contributed by atoms with Crippen LogP contribution in [0.25, 0.3) is 0 Å². The van der Waals surface area contributed by atoms with E-state index in [4.69, 9.17) is 5.26 Å². The molecule has 0 spiro atoms. The molecule has 2 rings (SSSR count). The molecule has 18 heavy (non-hydrogen) atoms. The molecule has 2 unspecified atom stereocenters. The topological polar surface area (TPSA) is 27.0 Å². The number of piperidine rings is 1. The second kappa shape index (κ2) is 5.49. The second-order valence-corrected chi connectivity index (χ2v) is 5.60. The smallest absolute Gasteiger partial charge is 0.124 e. The largest absolute Gasteiger partial charge is 0.299 e. The van der Waals surface area contributed by atoms with Crippen molar-refractivity contribution < 1.29 is 4.39 Å². The Balaban J connectivity index is 2.09. The van der Waals surface area contributed by atoms with Crippen molar-refractivity contribution in [2.75, 3.05) is 13.1 Å². The van der Waals surface area contributed by atoms with Gasteiger partial charge in [-0.05, 0) is 42.0 Å². The zero-order valence-corrected chi connectivity index (χ0v) is 11.0. The molecule has 96 valence electrons. The van der Waals surface area contributed by atoms with E-state index >= 15 is 0 Å². The zero-order chi connectivity index (χ0) is 13.1. The molecule has 0 amide bonds. The number of rotatable bonds is 2. The standard InChI is InChI=1S/C15H19FN2/c1-11-3-12(2)9-18(8-11)10-14-4-13(7-17)5-15(16)6-14/h4-6,11-12H,3,8-10H2,1-2H3. The lowest BCUT2D eigenvalue weighted by atomic mass is 9.91. The molecule has 3 heteroatoms. The minimum Gasteiger partial charge on any atom is -0.299 e. The van der Waals surface area contributed by atoms with Gasteiger partial charge < -0.3 is 0 Å². The van der Waals surface area contributed by atoms with Crippen LogP contribution in [0.5, 0.6) is 0 Å². The molecule has 0 radical (unpaired) electrons. The Labute approximate surface area is 108 Å². The van der Waals surface area contributed by atoms with Gasteiger partial charge in [-0.2, -0.15) is 5.26 Å². The fourth-order valence-electron chi connectivity index (χ4n) is 2.99. The molecule has 0 saturated carbocycles. The normalized spacial score (nSPS) is 24.8. The zero-order valence-electron chi connectivity index (χ0n) is 11.0. The number of nitrogens with zero attached hydrogens (tertiary/aromatic N) is 2. The van der Waals surface area contributed by atoms with Crippen LogP contribution in [0.2, 0.25) is 0 Å². The van der Waals surface area contributed by atoms with E-state index in [9.17, 15) is 4.39 Å². The Morgan fingerprint density at radius 3 is 2.56 bits per heavy atom. The summed E-state index contributed by atoms with van der Waals surface area (Å²) in [5.74, 6) is 1.07. The third-order valence-corrected chi connectivity index (χ3v) is 3.44. The average molecular weight is 246 g/mol. The predicted octanol–water partition coefficient (Wildman–Crippen LogP) is 3.18. The van der Waals surface area contributed by atoms with Crippen LogP contribution >= 0.6 is 0 Å². The van der Waals surface area contributed by atoms with Crippen molar-refractivity contribution in [1.82, 2.24) is 4.90 Å². The lowest BCUT2D eigenvalue weighted by molar-refractivity contribution is 0.134. The SMILES string of the molecule is CC1CC(C)CN(Cc2cc(F)cc(C#N)c2)C1. The van der Waals surface area contributed by atoms with Crippen LogP contribution in [0, 0.1) is 29.0 Å². The molecule has 0 aromatic heterocycles. The fourth-order valence-corrected chi connectivity index (χ4v) is 2.99. The minimum absolute atomic E-state index is 0.317. The average Bonchev–Trinajstić information content (AvgIpc) is 2.26. The first kappa shape index (κ1) is 13.0. The predicted molar refractivity (Wildman–Crippen MR) is 69.3 cm³/mol. The van der Waals surface area contributed by atoms with Gasteiger partial charge in [0.1, 0.15) is 5.82 Å². The molecule has 1 aromatic rings. The molecular formula is C15H19FN2. The molecule has 1 fully saturated rings. The molecule has 1 aliphatic heterocycles. The van der Waals surface area contributed by atoms with E-state index < -0.39 is 0 Å². The van der Waals surface area contributed by atoms with Crippen LogP contribution < -0.4 is 0 Å². The van der Waals surface area contributed by atoms with E-state index in [1.54, 1.807) is 6.07 Å². The van der Waals surface area contributed by atoms with Crippen molar-refractivity contribution in [3.8, 4) is 6.07 Å². The summed E-state index contributed by atoms with van der Waals surface area (Å²) < 4.78 is 13.4. The van der Waals surface area contributed by atoms with Crippen molar-refractivity contribution in [3.63, 3.8) is 0 Å². The van der Waals surface area contributed by atoms with Crippen LogP contribution in [0.1, 0.15) is 31.4 Å². The van der Waals surface area contributed by atoms with E-state index in [2.05, 4.69) is 18.7 Å². The van der Waals surface area contributed by atoms with Gasteiger partial charge in [0.05, 0.1) is 11.6 Å². The van der Waals surface area contributed by atoms with Crippen LogP contribution in [-0.4, -0.2) is 18.0 Å². The Kier molecular flexibility index (Phi) is 3.98. The van der Waals surface area contributed by atoms with Gasteiger partial charge in [-0.1, -0.05) is 13.8 Å². The summed E-state index contributed by atoms with van der Waals surface area (Å²) in [6.45, 7) is 7.37. The van der Waals surface area contributed by atoms with E-state index in [0.717, 1.165) is 25.2 Å². The molecule has 1 heterocycles. The van der Waals surface area contributed by atoms with Crippen LogP contribution in [0.4, 0.5) is 4.39 Å². The lowest BCUT2D eigenvalue weighted by Gasteiger charge is -2.35. The molecule has 1 aliphatic rings. The fraction of sp³-hybridized carbons (Fsp3) is 0.533. The van der Waals surface area contributed by atoms with Crippen LogP contribution in [-0.2, 0) is 6.54 Å². The van der Waals surface area contributed by atoms with Crippen LogP contribution in [0.15, 0.2) is 18.2 Å². The number of halogens is 1. The second-order valence-electron chi connectivity index (χ2n) is 5.60. The van der Waals surface area contributed by atoms with E-state index in [1.165, 1.54) is 18.6 Å². The number of benzene rings is 1. The Morgan fingerprint density at radius 1 is 1.28 bits per heavy atom. The van der Waals surface area contributed by atoms with Crippen molar-refractivity contribution in [2.24, 2.45) is 11.8 Å². The third-order valence-electron chi connectivity index (χ3n) is 3.44. The minimum atomic E-state index is -0.317. The van der Waals surface area contributed by atoms with Gasteiger partial charge in [-0.15, -0.1) is 0 Å². The van der Waals surface area contributed by atoms with Gasteiger partial charge in [0.25, 0.3) is 0 Å². The number of hydrogen-bond acceptors (Lipinski definition) is 2. The highest BCUT2D eigenvalue weighted by molar-refractivity contribution is 5.33. The summed E-state index contributed by atoms with van der Waals surface area (Å²) in [7, 11) is 0. The summed E-state index contributed by atoms with van der Waals surface area (Å²) in [5, 5.41) is 8.85. The maximum atomic E-state index is 13.4. The first-order valence-corrected chi connectivity index (χ1v) is 6.48. The highest BCUT2D eigenvalue weighted by atomic mass is 19.1. The molecule has 0 bridgehead atoms. The van der Waals surface area contributed by atoms with Gasteiger partial charge in [0.2, 0.25) is 0 Å². The lowest BCUT2D eigenvalue weighted by Crippen LogP contribution is -2.38. The third kappa shape index (κ3) is 3.30. The quantitative estimate of drug-likeness (QED) is 0.801. The van der Waals surface area contributed by atoms with Gasteiger partial charge in [0.15, 0.2) is 0 Å². The highest BCUT2D eigenvalue weighted by Gasteiger charge is 2.21. The van der Waals surface area contributed by atoms with Crippen molar-refractivity contribution in [1.29, 1.82) is 5.26 Å². The molecule has 2 nitrogen and oxygen atoms in total. The Morgan fingerprint density at radius 2 is 1.94 bits per heavy atom. The molecule has 1 aromatic carbocycles. The van der Waals surface area contributed by atoms with Gasteiger partial charge >= 0.3 is 0 Å². The van der Waals surface area contributed by atoms with Crippen molar-refractivity contribution in [3.05, 3.63) is 35.1 Å². The highest BCUT2D eigenvalue weighted by Crippen LogP contribution is 2.22. The molecule has 0 N–H and O–H groups in total. The summed E-state index contributed by atoms with van der Waals surface area (Å²) >= 11 is 0. The maximum absolute atomic E-state index is 13.4. The molecule has 1 saturated heterocycles. The summed E-state index contributed by atoms with van der Waals surface area (Å²) in [6, 6.07) is 6.60. The first-order valence-electron chi connectivity index (χ1n) is 6.48. The number of hydrogen-bond donors (Lipinski definition) is 0. The van der Waals surface area contributed by atoms with Crippen LogP contribution in [0.3, 0.4) is 0 Å². The van der Waals surface area contributed by atoms with Crippen molar-refractivity contribution in [2.45, 2.75) is 26.8 Å². The molecule has 2 atom stereocenters. The summed E-state index contributed by atoms with van der Waals surface area (Å²) in [6.07, 6.45) is 1.27. The van der Waals surface area contributed by atoms with E-state index in [0.29, 0.717) is 17.4 Å². The first-order chi connectivity index (χ1) is 8.56. The maximum Gasteiger partial charge on any atom is 0.124 e. The molecule has 0 aliphatic carbocycles. The van der Waals surface area contributed by atoms with Gasteiger partial charge in [0, 0.05) is 19.6 Å². The van der Waals surface area contributed by atoms with Gasteiger partial charge in [-0.3, -0.25) is 4.90 Å². The van der Waals surface area contributed by atoms with Crippen molar-refractivity contribution >= 4 is 0 Å². The monoisotopic (exact) mass is 246 g/mol. The van der Waals surface area contributed by atoms with E-state index in [1.807, 2.05) is 6.07 Å². The molecular weight excluding hydrogens is 227 g/mol. The summed E-state index contributed by atoms with van der Waals surface area (Å²) in [4.78, 5) is 2.36. The number of likely N-dealkylation sites (tertiary alicyclic amines) is 1. The Hall–Kier alpha value is -1.40. The van der Waals surface area contributed by atoms with Gasteiger partial charge in [-0.25, -0.2) is 4.39 Å². The summed E-state index contributed by atoms with van der Waals surface area (Å²) in [5.41, 5.74) is 1.30. The van der Waals surface area contributed by atoms with E-state index in [-0.39, 0.29) is 5.82 Å². The Bertz CT molecular complexity index is 454.